The van der Waals surface area contributed by atoms with Crippen LogP contribution >= 0.6 is 0 Å². The van der Waals surface area contributed by atoms with E-state index < -0.39 is 47.6 Å². The average molecular weight is 1360 g/mol. The summed E-state index contributed by atoms with van der Waals surface area (Å²) >= 11 is 0. The summed E-state index contributed by atoms with van der Waals surface area (Å²) in [5.41, 5.74) is 5.42. The molecule has 0 atom stereocenters. The zero-order valence-electron chi connectivity index (χ0n) is 52.4. The van der Waals surface area contributed by atoms with Gasteiger partial charge in [0.15, 0.2) is 40.1 Å². The zero-order valence-corrected chi connectivity index (χ0v) is 54.8. The molecule has 0 amide bonds. The minimum atomic E-state index is -4.54. The predicted molar refractivity (Wildman–Crippen MR) is 353 cm³/mol. The van der Waals surface area contributed by atoms with Crippen molar-refractivity contribution in [2.24, 2.45) is 0 Å². The van der Waals surface area contributed by atoms with Crippen molar-refractivity contribution in [2.45, 2.75) is 59.4 Å². The Balaban J connectivity index is 0.000000129. The molecule has 0 N–H and O–H groups in total. The van der Waals surface area contributed by atoms with Gasteiger partial charge < -0.3 is 43.1 Å². The van der Waals surface area contributed by atoms with Crippen molar-refractivity contribution in [3.05, 3.63) is 174 Å². The van der Waals surface area contributed by atoms with Crippen LogP contribution in [0.3, 0.4) is 0 Å². The van der Waals surface area contributed by atoms with E-state index in [-0.39, 0.29) is 25.6 Å². The Bertz CT molecular complexity index is 4910. The summed E-state index contributed by atoms with van der Waals surface area (Å²) in [6.07, 6.45) is 12.4. The number of alkyl halides is 3. The van der Waals surface area contributed by atoms with E-state index in [1.54, 1.807) is 48.9 Å². The van der Waals surface area contributed by atoms with Gasteiger partial charge in [0.25, 0.3) is 30.1 Å². The SMILES string of the molecule is CN1CC=C(c2cn(S(=O)(=O)c3ccc4c(c3)OCCCO4)c3ccc(C(F)(F)F)cc23)CC1.CN1CC=C(c2cn(S(=O)(=O)c3ccc4c(c3)OCCCO4)c3ccc(F)cc23)CC1.CN1CC=C(c2cn(S(=O)(=O)c3ccc4c(c3)OCCCO4)c3ncccc23)CC1. The number of fused-ring (bicyclic) bond motifs is 6. The van der Waals surface area contributed by atoms with Crippen molar-refractivity contribution in [2.75, 3.05) is 100 Å². The Morgan fingerprint density at radius 3 is 1.22 bits per heavy atom. The standard InChI is InChI=1S/C24H23F3N2O4S.C23H23FN2O4S.C22H23N3O4S/c1-28-9-7-16(8-10-28)20-15-29(21-5-3-17(13-19(20)21)24(25,26)27)34(30,31)18-4-6-22-23(14-18)33-12-2-11-32-22;1-25-9-7-16(8-10-25)20-15-26(21-5-3-17(24)13-19(20)21)31(27,28)18-4-6-22-23(14-18)30-12-2-11-29-22;1-24-10-7-16(8-11-24)19-15-25(22-18(19)4-2-9-23-22)30(26,27)17-5-6-20-21(14-17)29-13-3-12-28-20/h3-7,13-15H,2,8-12H2,1H3;3-7,13-15H,2,8-12H2,1H3;2,4-7,9,14-15H,3,8,10-13H2,1H3. The number of hydrogen-bond donors (Lipinski definition) is 0. The Morgan fingerprint density at radius 1 is 0.432 bits per heavy atom. The molecule has 6 aliphatic rings. The first-order valence-electron chi connectivity index (χ1n) is 31.2. The highest BCUT2D eigenvalue weighted by Crippen LogP contribution is 2.42. The van der Waals surface area contributed by atoms with Crippen LogP contribution in [0.5, 0.6) is 34.5 Å². The Labute approximate surface area is 547 Å². The molecular formula is C69H69F4N7O12S3. The predicted octanol–water partition coefficient (Wildman–Crippen LogP) is 11.8. The second-order valence-electron chi connectivity index (χ2n) is 24.0. The number of likely N-dealkylation sites (N-methyl/N-ethyl adjacent to an activating group) is 3. The number of benzene rings is 5. The van der Waals surface area contributed by atoms with Gasteiger partial charge in [-0.05, 0) is 142 Å². The Hall–Kier alpha value is -8.66. The molecule has 4 aromatic heterocycles. The van der Waals surface area contributed by atoms with E-state index in [4.69, 9.17) is 28.4 Å². The first kappa shape index (κ1) is 65.0. The summed E-state index contributed by atoms with van der Waals surface area (Å²) in [4.78, 5) is 11.1. The number of nitrogens with zero attached hydrogens (tertiary/aromatic N) is 7. The highest BCUT2D eigenvalue weighted by Gasteiger charge is 2.34. The van der Waals surface area contributed by atoms with E-state index in [0.717, 1.165) is 108 Å². The van der Waals surface area contributed by atoms with Gasteiger partial charge in [0.05, 0.1) is 70.9 Å². The third kappa shape index (κ3) is 13.3. The largest absolute Gasteiger partial charge is 0.490 e. The fourth-order valence-electron chi connectivity index (χ4n) is 12.2. The quantitative estimate of drug-likeness (QED) is 0.124. The Kier molecular flexibility index (Phi) is 18.1. The molecule has 0 saturated carbocycles. The number of aromatic nitrogens is 4. The van der Waals surface area contributed by atoms with E-state index in [1.807, 2.05) is 32.3 Å². The number of ether oxygens (including phenoxy) is 6. The number of pyridine rings is 1. The van der Waals surface area contributed by atoms with Crippen molar-refractivity contribution in [1.82, 2.24) is 31.6 Å². The molecule has 0 radical (unpaired) electrons. The van der Waals surface area contributed by atoms with Gasteiger partial charge in [-0.3, -0.25) is 0 Å². The molecule has 0 bridgehead atoms. The minimum absolute atomic E-state index is 0.0301. The van der Waals surface area contributed by atoms with Gasteiger partial charge in [0.1, 0.15) is 5.82 Å². The monoisotopic (exact) mass is 1360 g/mol. The van der Waals surface area contributed by atoms with Crippen LogP contribution in [0, 0.1) is 5.82 Å². The first-order chi connectivity index (χ1) is 45.6. The lowest BCUT2D eigenvalue weighted by Gasteiger charge is -2.21. The van der Waals surface area contributed by atoms with Crippen LogP contribution in [0.25, 0.3) is 49.6 Å². The summed E-state index contributed by atoms with van der Waals surface area (Å²) in [6.45, 7) is 7.69. The molecule has 0 spiro atoms. The van der Waals surface area contributed by atoms with Crippen molar-refractivity contribution in [1.29, 1.82) is 0 Å². The van der Waals surface area contributed by atoms with Gasteiger partial charge in [-0.25, -0.2) is 46.5 Å². The maximum atomic E-state index is 14.1. The number of halogens is 4. The van der Waals surface area contributed by atoms with Gasteiger partial charge in [-0.1, -0.05) is 18.2 Å². The van der Waals surface area contributed by atoms with Crippen molar-refractivity contribution in [3.63, 3.8) is 0 Å². The molecule has 0 unspecified atom stereocenters. The lowest BCUT2D eigenvalue weighted by Crippen LogP contribution is -2.23. The van der Waals surface area contributed by atoms with Gasteiger partial charge in [-0.2, -0.15) is 13.2 Å². The highest BCUT2D eigenvalue weighted by molar-refractivity contribution is 7.90. The van der Waals surface area contributed by atoms with Crippen molar-refractivity contribution < 1.29 is 71.2 Å². The third-order valence-corrected chi connectivity index (χ3v) is 22.4. The molecular weight excluding hydrogens is 1290 g/mol. The van der Waals surface area contributed by atoms with Crippen LogP contribution in [0.4, 0.5) is 17.6 Å². The maximum absolute atomic E-state index is 14.1. The van der Waals surface area contributed by atoms with E-state index >= 15 is 0 Å². The number of rotatable bonds is 9. The van der Waals surface area contributed by atoms with E-state index in [1.165, 1.54) is 62.7 Å². The van der Waals surface area contributed by atoms with Crippen LogP contribution in [-0.2, 0) is 36.2 Å². The van der Waals surface area contributed by atoms with E-state index in [2.05, 4.69) is 38.9 Å². The third-order valence-electron chi connectivity index (χ3n) is 17.5. The normalized spacial score (nSPS) is 17.5. The molecule has 15 rings (SSSR count). The first-order valence-corrected chi connectivity index (χ1v) is 35.5. The molecule has 0 saturated heterocycles. The molecule has 0 aliphatic carbocycles. The van der Waals surface area contributed by atoms with Crippen LogP contribution in [0.2, 0.25) is 0 Å². The lowest BCUT2D eigenvalue weighted by molar-refractivity contribution is -0.137. The molecule has 10 heterocycles. The second-order valence-corrected chi connectivity index (χ2v) is 29.4. The summed E-state index contributed by atoms with van der Waals surface area (Å²) in [6, 6.07) is 24.9. The topological polar surface area (TPSA) is 195 Å². The summed E-state index contributed by atoms with van der Waals surface area (Å²) in [5.74, 6) is 2.36. The summed E-state index contributed by atoms with van der Waals surface area (Å²) < 4.78 is 174. The van der Waals surface area contributed by atoms with Crippen LogP contribution in [0.15, 0.2) is 161 Å². The van der Waals surface area contributed by atoms with Crippen molar-refractivity contribution in [3.8, 4) is 34.5 Å². The molecule has 26 heteroatoms. The molecule has 6 aliphatic heterocycles. The van der Waals surface area contributed by atoms with Crippen molar-refractivity contribution >= 4 is 79.6 Å². The van der Waals surface area contributed by atoms with Crippen LogP contribution in [0.1, 0.15) is 60.8 Å². The minimum Gasteiger partial charge on any atom is -0.490 e. The molecule has 9 aromatic rings. The van der Waals surface area contributed by atoms with E-state index in [0.29, 0.717) is 116 Å². The fraction of sp³-hybridized carbons (Fsp3) is 0.319. The van der Waals surface area contributed by atoms with Gasteiger partial charge in [0.2, 0.25) is 0 Å². The smallest absolute Gasteiger partial charge is 0.416 e. The lowest BCUT2D eigenvalue weighted by atomic mass is 9.98. The molecule has 5 aromatic carbocycles. The Morgan fingerprint density at radius 2 is 0.811 bits per heavy atom. The second kappa shape index (κ2) is 26.5. The van der Waals surface area contributed by atoms with Crippen LogP contribution < -0.4 is 28.4 Å². The molecule has 19 nitrogen and oxygen atoms in total. The maximum Gasteiger partial charge on any atom is 0.416 e. The molecule has 0 fully saturated rings. The summed E-state index contributed by atoms with van der Waals surface area (Å²) in [5, 5.41) is 1.68. The highest BCUT2D eigenvalue weighted by atomic mass is 32.2. The zero-order chi connectivity index (χ0) is 66.4. The molecule has 95 heavy (non-hydrogen) atoms. The van der Waals surface area contributed by atoms with Crippen LogP contribution in [-0.4, -0.2) is 157 Å². The average Bonchev–Trinajstić information content (AvgIpc) is 1.63. The van der Waals surface area contributed by atoms with E-state index in [9.17, 15) is 42.8 Å². The fourth-order valence-corrected chi connectivity index (χ4v) is 16.3. The summed E-state index contributed by atoms with van der Waals surface area (Å²) in [7, 11) is -5.86. The van der Waals surface area contributed by atoms with Gasteiger partial charge in [-0.15, -0.1) is 0 Å². The van der Waals surface area contributed by atoms with Gasteiger partial charge >= 0.3 is 6.18 Å². The number of hydrogen-bond acceptors (Lipinski definition) is 16. The molecule has 498 valence electrons. The van der Waals surface area contributed by atoms with Gasteiger partial charge in [0, 0.05) is 134 Å².